The number of hydrogen-bond donors (Lipinski definition) is 2. The van der Waals surface area contributed by atoms with Crippen molar-refractivity contribution in [1.29, 1.82) is 0 Å². The molecule has 0 radical (unpaired) electrons. The highest BCUT2D eigenvalue weighted by Crippen LogP contribution is 2.50. The van der Waals surface area contributed by atoms with Crippen molar-refractivity contribution in [2.75, 3.05) is 24.4 Å². The van der Waals surface area contributed by atoms with Gasteiger partial charge in [-0.15, -0.1) is 0 Å². The van der Waals surface area contributed by atoms with Crippen LogP contribution >= 0.6 is 7.60 Å². The Morgan fingerprint density at radius 2 is 1.66 bits per heavy atom. The minimum atomic E-state index is -3.42. The van der Waals surface area contributed by atoms with Crippen LogP contribution in [-0.4, -0.2) is 34.7 Å². The summed E-state index contributed by atoms with van der Waals surface area (Å²) in [6.07, 6.45) is -0.793. The van der Waals surface area contributed by atoms with Gasteiger partial charge in [0.1, 0.15) is 12.2 Å². The summed E-state index contributed by atoms with van der Waals surface area (Å²) in [7, 11) is -3.42. The Labute approximate surface area is 170 Å². The van der Waals surface area contributed by atoms with E-state index in [0.717, 1.165) is 0 Å². The van der Waals surface area contributed by atoms with Crippen molar-refractivity contribution < 1.29 is 18.3 Å². The first-order valence-electron chi connectivity index (χ1n) is 9.37. The summed E-state index contributed by atoms with van der Waals surface area (Å²) in [4.78, 5) is 17.0. The number of benzene rings is 1. The molecule has 0 bridgehead atoms. The minimum Gasteiger partial charge on any atom is -0.383 e. The van der Waals surface area contributed by atoms with Crippen molar-refractivity contribution in [2.24, 2.45) is 0 Å². The Morgan fingerprint density at radius 3 is 2.21 bits per heavy atom. The van der Waals surface area contributed by atoms with Crippen LogP contribution in [0.4, 0.5) is 11.8 Å². The van der Waals surface area contributed by atoms with Crippen LogP contribution in [0.25, 0.3) is 11.1 Å². The molecule has 0 fully saturated rings. The van der Waals surface area contributed by atoms with E-state index in [0.29, 0.717) is 5.56 Å². The second-order valence-corrected chi connectivity index (χ2v) is 8.91. The van der Waals surface area contributed by atoms with Crippen molar-refractivity contribution in [3.05, 3.63) is 40.7 Å². The predicted octanol–water partition coefficient (Wildman–Crippen LogP) is 3.09. The molecular weight excluding hydrogens is 395 g/mol. The number of nitrogen functional groups attached to an aromatic ring is 2. The average Bonchev–Trinajstić information content (AvgIpc) is 2.60. The molecule has 160 valence electrons. The molecule has 2 rings (SSSR count). The molecule has 10 heteroatoms. The second kappa shape index (κ2) is 10.0. The number of hydrogen-bond acceptors (Lipinski definition) is 8. The molecule has 0 amide bonds. The van der Waals surface area contributed by atoms with Crippen molar-refractivity contribution >= 4 is 19.4 Å². The van der Waals surface area contributed by atoms with E-state index >= 15 is 0 Å². The van der Waals surface area contributed by atoms with Gasteiger partial charge < -0.3 is 25.3 Å². The summed E-state index contributed by atoms with van der Waals surface area (Å²) in [6.45, 7) is 7.24. The average molecular weight is 424 g/mol. The van der Waals surface area contributed by atoms with E-state index in [4.69, 9.17) is 25.3 Å². The number of nitrogens with two attached hydrogens (primary N) is 2. The Kier molecular flexibility index (Phi) is 7.98. The molecule has 0 aliphatic rings. The summed E-state index contributed by atoms with van der Waals surface area (Å²) in [5.41, 5.74) is 12.4. The molecular formula is C19H29N4O5P. The molecule has 0 spiro atoms. The van der Waals surface area contributed by atoms with Crippen molar-refractivity contribution in [3.8, 4) is 11.1 Å². The zero-order valence-corrected chi connectivity index (χ0v) is 18.1. The van der Waals surface area contributed by atoms with Crippen molar-refractivity contribution in [3.63, 3.8) is 0 Å². The van der Waals surface area contributed by atoms with Gasteiger partial charge >= 0.3 is 7.60 Å². The minimum absolute atomic E-state index is 0.0178. The Balaban J connectivity index is 2.13. The third-order valence-corrected chi connectivity index (χ3v) is 5.73. The molecule has 1 aromatic heterocycles. The van der Waals surface area contributed by atoms with Crippen LogP contribution in [0, 0.1) is 0 Å². The summed E-state index contributed by atoms with van der Waals surface area (Å²) >= 11 is 0. The Morgan fingerprint density at radius 1 is 1.07 bits per heavy atom. The highest BCUT2D eigenvalue weighted by Gasteiger charge is 2.28. The van der Waals surface area contributed by atoms with Gasteiger partial charge in [0.15, 0.2) is 0 Å². The fourth-order valence-electron chi connectivity index (χ4n) is 2.74. The number of ether oxygens (including phenoxy) is 1. The van der Waals surface area contributed by atoms with E-state index in [1.165, 1.54) is 4.57 Å². The second-order valence-electron chi connectivity index (χ2n) is 7.01. The van der Waals surface area contributed by atoms with Crippen LogP contribution in [0.15, 0.2) is 35.1 Å². The highest BCUT2D eigenvalue weighted by atomic mass is 31.2. The molecule has 2 aromatic rings. The highest BCUT2D eigenvalue weighted by molar-refractivity contribution is 7.53. The van der Waals surface area contributed by atoms with Gasteiger partial charge in [-0.3, -0.25) is 13.9 Å². The number of nitrogens with zero attached hydrogens (tertiary/aromatic N) is 2. The Hall–Kier alpha value is -2.19. The van der Waals surface area contributed by atoms with Gasteiger partial charge in [-0.25, -0.2) is 0 Å². The molecule has 29 heavy (non-hydrogen) atoms. The van der Waals surface area contributed by atoms with Crippen molar-refractivity contribution in [1.82, 2.24) is 9.55 Å². The van der Waals surface area contributed by atoms with Gasteiger partial charge in [0.2, 0.25) is 5.95 Å². The van der Waals surface area contributed by atoms with Gasteiger partial charge in [0.25, 0.3) is 5.56 Å². The van der Waals surface area contributed by atoms with Gasteiger partial charge in [-0.2, -0.15) is 4.98 Å². The summed E-state index contributed by atoms with van der Waals surface area (Å²) in [5, 5.41) is 0. The van der Waals surface area contributed by atoms with Crippen LogP contribution in [0.2, 0.25) is 0 Å². The molecule has 9 nitrogen and oxygen atoms in total. The SMILES string of the molecule is CC(C)OP(=O)(COCCn1c(N)nc(N)c(-c2ccccc2)c1=O)OC(C)C. The maximum atomic E-state index is 12.9. The maximum absolute atomic E-state index is 12.9. The molecule has 0 saturated heterocycles. The van der Waals surface area contributed by atoms with E-state index in [9.17, 15) is 9.36 Å². The molecule has 0 saturated carbocycles. The quantitative estimate of drug-likeness (QED) is 0.439. The lowest BCUT2D eigenvalue weighted by atomic mass is 10.1. The van der Waals surface area contributed by atoms with E-state index in [1.54, 1.807) is 52.0 Å². The summed E-state index contributed by atoms with van der Waals surface area (Å²) in [6, 6.07) is 8.99. The molecule has 0 aliphatic carbocycles. The fraction of sp³-hybridized carbons (Fsp3) is 0.474. The molecule has 0 aliphatic heterocycles. The number of rotatable bonds is 10. The predicted molar refractivity (Wildman–Crippen MR) is 114 cm³/mol. The number of aromatic nitrogens is 2. The van der Waals surface area contributed by atoms with E-state index in [2.05, 4.69) is 4.98 Å². The van der Waals surface area contributed by atoms with Crippen LogP contribution in [0.5, 0.6) is 0 Å². The van der Waals surface area contributed by atoms with Gasteiger partial charge in [0, 0.05) is 0 Å². The lowest BCUT2D eigenvalue weighted by molar-refractivity contribution is 0.0957. The van der Waals surface area contributed by atoms with E-state index in [-0.39, 0.29) is 54.6 Å². The van der Waals surface area contributed by atoms with Crippen LogP contribution in [0.1, 0.15) is 27.7 Å². The molecule has 0 atom stereocenters. The smallest absolute Gasteiger partial charge is 0.356 e. The monoisotopic (exact) mass is 424 g/mol. The largest absolute Gasteiger partial charge is 0.383 e. The van der Waals surface area contributed by atoms with Crippen LogP contribution < -0.4 is 17.0 Å². The van der Waals surface area contributed by atoms with E-state index in [1.807, 2.05) is 6.07 Å². The molecule has 4 N–H and O–H groups in total. The summed E-state index contributed by atoms with van der Waals surface area (Å²) < 4.78 is 30.4. The first-order valence-corrected chi connectivity index (χ1v) is 11.1. The topological polar surface area (TPSA) is 132 Å². The normalized spacial score (nSPS) is 12.1. The van der Waals surface area contributed by atoms with Gasteiger partial charge in [-0.1, -0.05) is 30.3 Å². The third-order valence-electron chi connectivity index (χ3n) is 3.74. The lowest BCUT2D eigenvalue weighted by Gasteiger charge is -2.22. The standard InChI is InChI=1S/C19H29N4O5P/c1-13(2)27-29(25,28-14(3)4)12-26-11-10-23-18(24)16(17(20)22-19(23)21)15-8-6-5-7-9-15/h5-9,13-14H,10-12,20H2,1-4H3,(H2,21,22). The first kappa shape index (κ1) is 23.1. The summed E-state index contributed by atoms with van der Waals surface area (Å²) in [5.74, 6) is 0.0480. The first-order chi connectivity index (χ1) is 13.6. The lowest BCUT2D eigenvalue weighted by Crippen LogP contribution is -2.29. The zero-order valence-electron chi connectivity index (χ0n) is 17.2. The van der Waals surface area contributed by atoms with E-state index < -0.39 is 7.60 Å². The third kappa shape index (κ3) is 6.40. The number of anilines is 2. The molecule has 1 aromatic carbocycles. The van der Waals surface area contributed by atoms with Gasteiger partial charge in [-0.05, 0) is 33.3 Å². The zero-order chi connectivity index (χ0) is 21.6. The van der Waals surface area contributed by atoms with Crippen LogP contribution in [-0.2, 0) is 24.9 Å². The Bertz CT molecular complexity index is 901. The van der Waals surface area contributed by atoms with Crippen molar-refractivity contribution in [2.45, 2.75) is 46.4 Å². The van der Waals surface area contributed by atoms with Crippen LogP contribution in [0.3, 0.4) is 0 Å². The fourth-order valence-corrected chi connectivity index (χ4v) is 4.55. The maximum Gasteiger partial charge on any atom is 0.356 e. The van der Waals surface area contributed by atoms with Gasteiger partial charge in [0.05, 0.1) is 30.9 Å². The molecule has 0 unspecified atom stereocenters. The molecule has 1 heterocycles.